The number of fused-ring (bicyclic) bond motifs is 1. The van der Waals surface area contributed by atoms with Gasteiger partial charge in [0.15, 0.2) is 5.96 Å². The van der Waals surface area contributed by atoms with Crippen molar-refractivity contribution in [1.82, 2.24) is 15.6 Å². The van der Waals surface area contributed by atoms with Gasteiger partial charge < -0.3 is 20.1 Å². The number of aromatic nitrogens is 1. The minimum absolute atomic E-state index is 0.0197. The first kappa shape index (κ1) is 19.5. The van der Waals surface area contributed by atoms with E-state index in [0.29, 0.717) is 13.1 Å². The molecule has 6 heteroatoms. The summed E-state index contributed by atoms with van der Waals surface area (Å²) in [6, 6.07) is 17.7. The van der Waals surface area contributed by atoms with Crippen molar-refractivity contribution in [3.05, 3.63) is 66.4 Å². The van der Waals surface area contributed by atoms with Crippen LogP contribution in [0, 0.1) is 0 Å². The number of rotatable bonds is 7. The molecule has 0 saturated heterocycles. The molecule has 1 aromatic heterocycles. The van der Waals surface area contributed by atoms with Crippen LogP contribution in [0.3, 0.4) is 0 Å². The second-order valence-corrected chi connectivity index (χ2v) is 6.40. The van der Waals surface area contributed by atoms with Gasteiger partial charge in [0, 0.05) is 25.2 Å². The van der Waals surface area contributed by atoms with Gasteiger partial charge in [-0.3, -0.25) is 9.98 Å². The standard InChI is InChI=1S/C22H26N4O2/c1-16(28-19-10-8-18(27-3)9-11-19)14-25-22(23-2)26-15-17-12-13-24-21-7-5-4-6-20(17)21/h4-13,16H,14-15H2,1-3H3,(H2,23,25,26). The number of aliphatic imine (C=N–C) groups is 1. The van der Waals surface area contributed by atoms with E-state index >= 15 is 0 Å². The molecule has 0 spiro atoms. The average molecular weight is 378 g/mol. The molecule has 0 aliphatic rings. The highest BCUT2D eigenvalue weighted by atomic mass is 16.5. The highest BCUT2D eigenvalue weighted by Crippen LogP contribution is 2.18. The lowest BCUT2D eigenvalue weighted by Crippen LogP contribution is -2.41. The molecule has 0 saturated carbocycles. The van der Waals surface area contributed by atoms with E-state index in [1.807, 2.05) is 61.7 Å². The summed E-state index contributed by atoms with van der Waals surface area (Å²) >= 11 is 0. The number of nitrogens with one attached hydrogen (secondary N) is 2. The molecule has 0 radical (unpaired) electrons. The summed E-state index contributed by atoms with van der Waals surface area (Å²) in [5.74, 6) is 2.35. The third-order valence-corrected chi connectivity index (χ3v) is 4.36. The number of nitrogens with zero attached hydrogens (tertiary/aromatic N) is 2. The van der Waals surface area contributed by atoms with Gasteiger partial charge in [-0.1, -0.05) is 18.2 Å². The van der Waals surface area contributed by atoms with E-state index < -0.39 is 0 Å². The van der Waals surface area contributed by atoms with Crippen LogP contribution >= 0.6 is 0 Å². The second kappa shape index (κ2) is 9.60. The number of pyridine rings is 1. The molecule has 2 aromatic carbocycles. The molecule has 1 unspecified atom stereocenters. The molecular weight excluding hydrogens is 352 g/mol. The molecule has 3 aromatic rings. The van der Waals surface area contributed by atoms with E-state index in [2.05, 4.69) is 26.7 Å². The van der Waals surface area contributed by atoms with Crippen LogP contribution in [-0.4, -0.2) is 37.7 Å². The van der Waals surface area contributed by atoms with E-state index in [0.717, 1.165) is 28.4 Å². The number of ether oxygens (including phenoxy) is 2. The van der Waals surface area contributed by atoms with Crippen molar-refractivity contribution in [2.24, 2.45) is 4.99 Å². The quantitative estimate of drug-likeness (QED) is 0.487. The van der Waals surface area contributed by atoms with Crippen LogP contribution in [0.25, 0.3) is 10.9 Å². The second-order valence-electron chi connectivity index (χ2n) is 6.40. The Kier molecular flexibility index (Phi) is 6.68. The minimum atomic E-state index is -0.0197. The Hall–Kier alpha value is -3.28. The van der Waals surface area contributed by atoms with Crippen LogP contribution in [0.2, 0.25) is 0 Å². The number of hydrogen-bond donors (Lipinski definition) is 2. The molecule has 1 heterocycles. The monoisotopic (exact) mass is 378 g/mol. The summed E-state index contributed by atoms with van der Waals surface area (Å²) < 4.78 is 11.1. The fraction of sp³-hybridized carbons (Fsp3) is 0.273. The molecular formula is C22H26N4O2. The normalized spacial score (nSPS) is 12.5. The molecule has 0 aliphatic heterocycles. The van der Waals surface area contributed by atoms with Gasteiger partial charge in [-0.05, 0) is 48.9 Å². The third-order valence-electron chi connectivity index (χ3n) is 4.36. The molecule has 1 atom stereocenters. The fourth-order valence-electron chi connectivity index (χ4n) is 2.88. The van der Waals surface area contributed by atoms with Crippen molar-refractivity contribution in [3.8, 4) is 11.5 Å². The molecule has 0 amide bonds. The highest BCUT2D eigenvalue weighted by Gasteiger charge is 2.07. The minimum Gasteiger partial charge on any atom is -0.497 e. The van der Waals surface area contributed by atoms with E-state index in [-0.39, 0.29) is 6.10 Å². The van der Waals surface area contributed by atoms with E-state index in [1.54, 1.807) is 14.2 Å². The maximum absolute atomic E-state index is 5.92. The van der Waals surface area contributed by atoms with Gasteiger partial charge in [-0.25, -0.2) is 0 Å². The topological polar surface area (TPSA) is 67.8 Å². The zero-order valence-corrected chi connectivity index (χ0v) is 16.5. The van der Waals surface area contributed by atoms with Gasteiger partial charge in [0.2, 0.25) is 0 Å². The molecule has 0 bridgehead atoms. The van der Waals surface area contributed by atoms with Crippen molar-refractivity contribution in [3.63, 3.8) is 0 Å². The van der Waals surface area contributed by atoms with Crippen LogP contribution in [0.4, 0.5) is 0 Å². The van der Waals surface area contributed by atoms with Crippen LogP contribution in [0.1, 0.15) is 12.5 Å². The van der Waals surface area contributed by atoms with Crippen molar-refractivity contribution in [2.45, 2.75) is 19.6 Å². The lowest BCUT2D eigenvalue weighted by Gasteiger charge is -2.18. The fourth-order valence-corrected chi connectivity index (χ4v) is 2.88. The molecule has 28 heavy (non-hydrogen) atoms. The molecule has 3 rings (SSSR count). The summed E-state index contributed by atoms with van der Waals surface area (Å²) in [6.45, 7) is 3.31. The smallest absolute Gasteiger partial charge is 0.191 e. The Morgan fingerprint density at radius 2 is 1.79 bits per heavy atom. The zero-order valence-electron chi connectivity index (χ0n) is 16.5. The maximum atomic E-state index is 5.92. The van der Waals surface area contributed by atoms with Gasteiger partial charge in [0.25, 0.3) is 0 Å². The first-order chi connectivity index (χ1) is 13.7. The third kappa shape index (κ3) is 5.13. The van der Waals surface area contributed by atoms with Crippen molar-refractivity contribution >= 4 is 16.9 Å². The van der Waals surface area contributed by atoms with Crippen LogP contribution in [-0.2, 0) is 6.54 Å². The number of guanidine groups is 1. The molecule has 146 valence electrons. The van der Waals surface area contributed by atoms with Gasteiger partial charge >= 0.3 is 0 Å². The van der Waals surface area contributed by atoms with E-state index in [9.17, 15) is 0 Å². The largest absolute Gasteiger partial charge is 0.497 e. The average Bonchev–Trinajstić information content (AvgIpc) is 2.74. The summed E-state index contributed by atoms with van der Waals surface area (Å²) in [4.78, 5) is 8.69. The Morgan fingerprint density at radius 1 is 1.04 bits per heavy atom. The Morgan fingerprint density at radius 3 is 2.54 bits per heavy atom. The molecule has 6 nitrogen and oxygen atoms in total. The first-order valence-corrected chi connectivity index (χ1v) is 9.27. The zero-order chi connectivity index (χ0) is 19.8. The van der Waals surface area contributed by atoms with Crippen molar-refractivity contribution < 1.29 is 9.47 Å². The number of hydrogen-bond acceptors (Lipinski definition) is 4. The van der Waals surface area contributed by atoms with E-state index in [1.165, 1.54) is 5.56 Å². The number of para-hydroxylation sites is 1. The highest BCUT2D eigenvalue weighted by molar-refractivity contribution is 5.83. The van der Waals surface area contributed by atoms with E-state index in [4.69, 9.17) is 9.47 Å². The Balaban J connectivity index is 1.51. The lowest BCUT2D eigenvalue weighted by atomic mass is 10.1. The predicted molar refractivity (Wildman–Crippen MR) is 113 cm³/mol. The van der Waals surface area contributed by atoms with Crippen molar-refractivity contribution in [1.29, 1.82) is 0 Å². The summed E-state index contributed by atoms with van der Waals surface area (Å²) in [5.41, 5.74) is 2.17. The van der Waals surface area contributed by atoms with Crippen molar-refractivity contribution in [2.75, 3.05) is 20.7 Å². The SMILES string of the molecule is CN=C(NCc1ccnc2ccccc12)NCC(C)Oc1ccc(OC)cc1. The van der Waals surface area contributed by atoms with Gasteiger partial charge in [-0.15, -0.1) is 0 Å². The van der Waals surface area contributed by atoms with Gasteiger partial charge in [0.1, 0.15) is 17.6 Å². The molecule has 2 N–H and O–H groups in total. The number of benzene rings is 2. The Labute approximate surface area is 165 Å². The van der Waals surface area contributed by atoms with Gasteiger partial charge in [-0.2, -0.15) is 0 Å². The summed E-state index contributed by atoms with van der Waals surface area (Å²) in [5, 5.41) is 7.80. The Bertz CT molecular complexity index is 920. The number of methoxy groups -OCH3 is 1. The summed E-state index contributed by atoms with van der Waals surface area (Å²) in [6.07, 6.45) is 1.81. The van der Waals surface area contributed by atoms with Crippen LogP contribution in [0.15, 0.2) is 65.8 Å². The summed E-state index contributed by atoms with van der Waals surface area (Å²) in [7, 11) is 3.41. The maximum Gasteiger partial charge on any atom is 0.191 e. The predicted octanol–water partition coefficient (Wildman–Crippen LogP) is 3.38. The lowest BCUT2D eigenvalue weighted by molar-refractivity contribution is 0.223. The van der Waals surface area contributed by atoms with Crippen LogP contribution < -0.4 is 20.1 Å². The molecule has 0 aliphatic carbocycles. The molecule has 0 fully saturated rings. The van der Waals surface area contributed by atoms with Crippen LogP contribution in [0.5, 0.6) is 11.5 Å². The first-order valence-electron chi connectivity index (χ1n) is 9.27. The van der Waals surface area contributed by atoms with Gasteiger partial charge in [0.05, 0.1) is 19.2 Å².